The summed E-state index contributed by atoms with van der Waals surface area (Å²) >= 11 is 0. The lowest BCUT2D eigenvalue weighted by Gasteiger charge is -2.24. The van der Waals surface area contributed by atoms with Crippen molar-refractivity contribution < 1.29 is 27.4 Å². The lowest BCUT2D eigenvalue weighted by molar-refractivity contribution is -0.119. The molecule has 0 saturated heterocycles. The van der Waals surface area contributed by atoms with Crippen LogP contribution in [-0.2, 0) is 14.8 Å². The van der Waals surface area contributed by atoms with Gasteiger partial charge in [0.25, 0.3) is 15.9 Å². The van der Waals surface area contributed by atoms with E-state index in [0.29, 0.717) is 35.1 Å². The SMILES string of the molecule is CC/C(=N/NC(=O)CN(c1ccc(OC)cc1)S(=O)(=O)c1ccccc1)c1ccc(OC)c(OC)c1. The van der Waals surface area contributed by atoms with Gasteiger partial charge in [-0.2, -0.15) is 5.10 Å². The van der Waals surface area contributed by atoms with Crippen LogP contribution in [0.25, 0.3) is 0 Å². The van der Waals surface area contributed by atoms with Gasteiger partial charge in [0.2, 0.25) is 0 Å². The smallest absolute Gasteiger partial charge is 0.264 e. The molecule has 0 fully saturated rings. The molecule has 0 unspecified atom stereocenters. The van der Waals surface area contributed by atoms with Gasteiger partial charge in [-0.15, -0.1) is 0 Å². The van der Waals surface area contributed by atoms with Gasteiger partial charge in [0.05, 0.1) is 37.6 Å². The molecule has 9 nitrogen and oxygen atoms in total. The number of sulfonamides is 1. The molecule has 0 aliphatic rings. The van der Waals surface area contributed by atoms with E-state index in [1.807, 2.05) is 6.92 Å². The number of hydrazone groups is 1. The molecule has 3 rings (SSSR count). The van der Waals surface area contributed by atoms with E-state index in [1.165, 1.54) is 26.4 Å². The number of rotatable bonds is 11. The van der Waals surface area contributed by atoms with Gasteiger partial charge in [-0.1, -0.05) is 25.1 Å². The topological polar surface area (TPSA) is 107 Å². The van der Waals surface area contributed by atoms with Crippen LogP contribution in [-0.4, -0.2) is 47.9 Å². The summed E-state index contributed by atoms with van der Waals surface area (Å²) in [6, 6.07) is 19.7. The van der Waals surface area contributed by atoms with Crippen molar-refractivity contribution in [2.45, 2.75) is 18.2 Å². The summed E-state index contributed by atoms with van der Waals surface area (Å²) in [5, 5.41) is 4.25. The number of anilines is 1. The van der Waals surface area contributed by atoms with Crippen LogP contribution in [0.15, 0.2) is 82.8 Å². The maximum Gasteiger partial charge on any atom is 0.264 e. The Bertz CT molecular complexity index is 1310. The molecule has 0 saturated carbocycles. The first-order chi connectivity index (χ1) is 17.3. The first kappa shape index (κ1) is 26.6. The molecule has 36 heavy (non-hydrogen) atoms. The van der Waals surface area contributed by atoms with Crippen LogP contribution in [0.4, 0.5) is 5.69 Å². The molecule has 0 aliphatic heterocycles. The molecule has 0 atom stereocenters. The normalized spacial score (nSPS) is 11.5. The maximum atomic E-state index is 13.4. The Morgan fingerprint density at radius 1 is 0.889 bits per heavy atom. The minimum absolute atomic E-state index is 0.0664. The Hall–Kier alpha value is -4.05. The van der Waals surface area contributed by atoms with E-state index in [1.54, 1.807) is 67.8 Å². The average molecular weight is 512 g/mol. The maximum absolute atomic E-state index is 13.4. The predicted octanol–water partition coefficient (Wildman–Crippen LogP) is 3.84. The molecular formula is C26H29N3O6S. The zero-order valence-corrected chi connectivity index (χ0v) is 21.4. The van der Waals surface area contributed by atoms with Crippen molar-refractivity contribution in [2.24, 2.45) is 5.10 Å². The van der Waals surface area contributed by atoms with E-state index in [2.05, 4.69) is 10.5 Å². The lowest BCUT2D eigenvalue weighted by Crippen LogP contribution is -2.39. The molecule has 190 valence electrons. The molecular weight excluding hydrogens is 482 g/mol. The minimum atomic E-state index is -4.03. The molecule has 3 aromatic carbocycles. The summed E-state index contributed by atoms with van der Waals surface area (Å²) in [6.45, 7) is 1.42. The Morgan fingerprint density at radius 2 is 1.56 bits per heavy atom. The first-order valence-electron chi connectivity index (χ1n) is 11.1. The third kappa shape index (κ3) is 6.14. The van der Waals surface area contributed by atoms with Crippen molar-refractivity contribution in [3.63, 3.8) is 0 Å². The summed E-state index contributed by atoms with van der Waals surface area (Å²) in [7, 11) is 0.569. The number of hydrogen-bond acceptors (Lipinski definition) is 7. The zero-order chi connectivity index (χ0) is 26.1. The van der Waals surface area contributed by atoms with E-state index in [4.69, 9.17) is 14.2 Å². The predicted molar refractivity (Wildman–Crippen MR) is 138 cm³/mol. The number of ether oxygens (including phenoxy) is 3. The fourth-order valence-corrected chi connectivity index (χ4v) is 4.88. The number of carbonyl (C=O) groups excluding carboxylic acids is 1. The minimum Gasteiger partial charge on any atom is -0.497 e. The quantitative estimate of drug-likeness (QED) is 0.310. The second kappa shape index (κ2) is 12.1. The molecule has 10 heteroatoms. The van der Waals surface area contributed by atoms with E-state index >= 15 is 0 Å². The Balaban J connectivity index is 1.88. The van der Waals surface area contributed by atoms with Crippen LogP contribution in [0.2, 0.25) is 0 Å². The van der Waals surface area contributed by atoms with Gasteiger partial charge in [-0.05, 0) is 61.0 Å². The highest BCUT2D eigenvalue weighted by molar-refractivity contribution is 7.92. The Labute approximate surface area is 211 Å². The summed E-state index contributed by atoms with van der Waals surface area (Å²) in [5.74, 6) is 1.06. The number of benzene rings is 3. The fraction of sp³-hybridized carbons (Fsp3) is 0.231. The number of nitrogens with zero attached hydrogens (tertiary/aromatic N) is 2. The van der Waals surface area contributed by atoms with Crippen LogP contribution in [0.3, 0.4) is 0 Å². The fourth-order valence-electron chi connectivity index (χ4n) is 3.44. The molecule has 0 radical (unpaired) electrons. The largest absolute Gasteiger partial charge is 0.497 e. The first-order valence-corrected chi connectivity index (χ1v) is 12.6. The van der Waals surface area contributed by atoms with E-state index in [9.17, 15) is 13.2 Å². The van der Waals surface area contributed by atoms with Gasteiger partial charge >= 0.3 is 0 Å². The second-order valence-corrected chi connectivity index (χ2v) is 9.40. The molecule has 0 aromatic heterocycles. The van der Waals surface area contributed by atoms with Crippen molar-refractivity contribution >= 4 is 27.3 Å². The van der Waals surface area contributed by atoms with Crippen molar-refractivity contribution in [2.75, 3.05) is 32.2 Å². The summed E-state index contributed by atoms with van der Waals surface area (Å²) in [6.07, 6.45) is 0.514. The van der Waals surface area contributed by atoms with Gasteiger partial charge in [-0.3, -0.25) is 9.10 Å². The zero-order valence-electron chi connectivity index (χ0n) is 20.6. The number of nitrogens with one attached hydrogen (secondary N) is 1. The van der Waals surface area contributed by atoms with Crippen LogP contribution >= 0.6 is 0 Å². The number of amides is 1. The Morgan fingerprint density at radius 3 is 2.14 bits per heavy atom. The van der Waals surface area contributed by atoms with Gasteiger partial charge in [0.15, 0.2) is 11.5 Å². The van der Waals surface area contributed by atoms with Gasteiger partial charge in [-0.25, -0.2) is 13.8 Å². The molecule has 1 N–H and O–H groups in total. The molecule has 0 aliphatic carbocycles. The molecule has 0 heterocycles. The summed E-state index contributed by atoms with van der Waals surface area (Å²) in [4.78, 5) is 13.0. The van der Waals surface area contributed by atoms with Crippen LogP contribution < -0.4 is 23.9 Å². The summed E-state index contributed by atoms with van der Waals surface area (Å²) < 4.78 is 43.7. The highest BCUT2D eigenvalue weighted by Gasteiger charge is 2.27. The average Bonchev–Trinajstić information content (AvgIpc) is 2.92. The van der Waals surface area contributed by atoms with Crippen molar-refractivity contribution in [3.05, 3.63) is 78.4 Å². The monoisotopic (exact) mass is 511 g/mol. The highest BCUT2D eigenvalue weighted by Crippen LogP contribution is 2.28. The highest BCUT2D eigenvalue weighted by atomic mass is 32.2. The Kier molecular flexibility index (Phi) is 8.91. The molecule has 1 amide bonds. The lowest BCUT2D eigenvalue weighted by atomic mass is 10.1. The van der Waals surface area contributed by atoms with E-state index in [-0.39, 0.29) is 4.90 Å². The van der Waals surface area contributed by atoms with Crippen LogP contribution in [0.5, 0.6) is 17.2 Å². The van der Waals surface area contributed by atoms with Crippen molar-refractivity contribution in [1.29, 1.82) is 0 Å². The third-order valence-electron chi connectivity index (χ3n) is 5.35. The van der Waals surface area contributed by atoms with Crippen LogP contribution in [0.1, 0.15) is 18.9 Å². The molecule has 0 spiro atoms. The van der Waals surface area contributed by atoms with Gasteiger partial charge < -0.3 is 14.2 Å². The number of hydrogen-bond donors (Lipinski definition) is 1. The third-order valence-corrected chi connectivity index (χ3v) is 7.13. The number of methoxy groups -OCH3 is 3. The van der Waals surface area contributed by atoms with Crippen LogP contribution in [0, 0.1) is 0 Å². The summed E-state index contributed by atoms with van der Waals surface area (Å²) in [5.41, 5.74) is 4.13. The van der Waals surface area contributed by atoms with Crippen molar-refractivity contribution in [3.8, 4) is 17.2 Å². The van der Waals surface area contributed by atoms with Crippen molar-refractivity contribution in [1.82, 2.24) is 5.43 Å². The van der Waals surface area contributed by atoms with E-state index in [0.717, 1.165) is 9.87 Å². The van der Waals surface area contributed by atoms with Gasteiger partial charge in [0.1, 0.15) is 12.3 Å². The van der Waals surface area contributed by atoms with E-state index < -0.39 is 22.5 Å². The number of carbonyl (C=O) groups is 1. The molecule has 3 aromatic rings. The standard InChI is InChI=1S/C26H29N3O6S/c1-5-23(19-11-16-24(34-3)25(17-19)35-4)27-28-26(30)18-29(20-12-14-21(33-2)15-13-20)36(31,32)22-9-7-6-8-10-22/h6-17H,5,18H2,1-4H3,(H,28,30)/b27-23-. The van der Waals surface area contributed by atoms with Gasteiger partial charge in [0, 0.05) is 5.56 Å². The molecule has 0 bridgehead atoms. The second-order valence-electron chi connectivity index (χ2n) is 7.54.